The van der Waals surface area contributed by atoms with E-state index in [1.165, 1.54) is 0 Å². The number of carbonyl (C=O) groups is 2. The Morgan fingerprint density at radius 3 is 2.70 bits per heavy atom. The lowest BCUT2D eigenvalue weighted by Gasteiger charge is -2.40. The van der Waals surface area contributed by atoms with Crippen molar-refractivity contribution in [1.82, 2.24) is 10.2 Å². The van der Waals surface area contributed by atoms with Gasteiger partial charge < -0.3 is 15.3 Å². The summed E-state index contributed by atoms with van der Waals surface area (Å²) in [6.07, 6.45) is 8.73. The van der Waals surface area contributed by atoms with Crippen molar-refractivity contribution < 1.29 is 14.7 Å². The van der Waals surface area contributed by atoms with E-state index in [1.807, 2.05) is 13.8 Å². The summed E-state index contributed by atoms with van der Waals surface area (Å²) in [6.45, 7) is 4.73. The number of amides is 2. The van der Waals surface area contributed by atoms with E-state index in [0.29, 0.717) is 32.2 Å². The molecule has 1 rings (SSSR count). The van der Waals surface area contributed by atoms with Gasteiger partial charge in [-0.15, -0.1) is 6.42 Å². The molecule has 2 atom stereocenters. The smallest absolute Gasteiger partial charge is 0.318 e. The molecule has 1 aliphatic heterocycles. The lowest BCUT2D eigenvalue weighted by atomic mass is 9.76. The zero-order valence-corrected chi connectivity index (χ0v) is 12.3. The molecule has 20 heavy (non-hydrogen) atoms. The third-order valence-electron chi connectivity index (χ3n) is 3.95. The summed E-state index contributed by atoms with van der Waals surface area (Å²) < 4.78 is 0. The fraction of sp³-hybridized carbons (Fsp3) is 0.733. The Kier molecular flexibility index (Phi) is 5.87. The molecule has 0 radical (unpaired) electrons. The molecule has 0 bridgehead atoms. The first kappa shape index (κ1) is 16.4. The molecule has 2 N–H and O–H groups in total. The summed E-state index contributed by atoms with van der Waals surface area (Å²) in [6, 6.07) is -0.550. The predicted molar refractivity (Wildman–Crippen MR) is 77.2 cm³/mol. The molecule has 2 amide bonds. The minimum absolute atomic E-state index is 0.253. The van der Waals surface area contributed by atoms with Gasteiger partial charge in [-0.3, -0.25) is 4.79 Å². The lowest BCUT2D eigenvalue weighted by Crippen LogP contribution is -2.54. The number of carboxylic acid groups (broad SMARTS) is 1. The first-order valence-corrected chi connectivity index (χ1v) is 7.24. The van der Waals surface area contributed by atoms with Crippen molar-refractivity contribution in [3.05, 3.63) is 0 Å². The number of hydrogen-bond donors (Lipinski definition) is 2. The Hall–Kier alpha value is -1.70. The average Bonchev–Trinajstić information content (AvgIpc) is 2.44. The van der Waals surface area contributed by atoms with Crippen molar-refractivity contribution in [2.45, 2.75) is 52.0 Å². The quantitative estimate of drug-likeness (QED) is 0.757. The fourth-order valence-electron chi connectivity index (χ4n) is 2.77. The Morgan fingerprint density at radius 2 is 2.20 bits per heavy atom. The van der Waals surface area contributed by atoms with E-state index in [0.717, 1.165) is 6.42 Å². The highest BCUT2D eigenvalue weighted by Gasteiger charge is 2.42. The zero-order valence-electron chi connectivity index (χ0n) is 12.3. The van der Waals surface area contributed by atoms with E-state index in [2.05, 4.69) is 11.2 Å². The molecule has 0 aromatic carbocycles. The van der Waals surface area contributed by atoms with E-state index in [-0.39, 0.29) is 18.6 Å². The molecule has 0 saturated carbocycles. The van der Waals surface area contributed by atoms with Crippen LogP contribution in [0.15, 0.2) is 0 Å². The number of nitrogens with zero attached hydrogens (tertiary/aromatic N) is 1. The molecule has 5 nitrogen and oxygen atoms in total. The van der Waals surface area contributed by atoms with Crippen molar-refractivity contribution in [3.8, 4) is 12.3 Å². The zero-order chi connectivity index (χ0) is 15.2. The van der Waals surface area contributed by atoms with Crippen molar-refractivity contribution in [2.75, 3.05) is 13.1 Å². The van der Waals surface area contributed by atoms with Crippen LogP contribution in [-0.4, -0.2) is 41.1 Å². The van der Waals surface area contributed by atoms with Gasteiger partial charge in [-0.25, -0.2) is 4.79 Å². The topological polar surface area (TPSA) is 69.6 Å². The van der Waals surface area contributed by atoms with Gasteiger partial charge in [0.05, 0.1) is 11.5 Å². The molecule has 0 aromatic rings. The molecule has 2 unspecified atom stereocenters. The summed E-state index contributed by atoms with van der Waals surface area (Å²) in [4.78, 5) is 25.3. The molecule has 0 aliphatic carbocycles. The van der Waals surface area contributed by atoms with Crippen LogP contribution in [0, 0.1) is 17.8 Å². The maximum Gasteiger partial charge on any atom is 0.318 e. The summed E-state index contributed by atoms with van der Waals surface area (Å²) in [5.74, 6) is 1.71. The van der Waals surface area contributed by atoms with Crippen LogP contribution < -0.4 is 5.32 Å². The molecule has 1 heterocycles. The van der Waals surface area contributed by atoms with Crippen molar-refractivity contribution >= 4 is 12.0 Å². The van der Waals surface area contributed by atoms with Crippen LogP contribution in [0.4, 0.5) is 4.79 Å². The highest BCUT2D eigenvalue weighted by Crippen LogP contribution is 2.35. The van der Waals surface area contributed by atoms with E-state index in [9.17, 15) is 14.7 Å². The molecule has 5 heteroatoms. The number of aliphatic carboxylic acids is 1. The number of hydrogen-bond acceptors (Lipinski definition) is 2. The van der Waals surface area contributed by atoms with Gasteiger partial charge in [0.25, 0.3) is 0 Å². The van der Waals surface area contributed by atoms with E-state index >= 15 is 0 Å². The third-order valence-corrected chi connectivity index (χ3v) is 3.95. The Bertz CT molecular complexity index is 398. The summed E-state index contributed by atoms with van der Waals surface area (Å²) >= 11 is 0. The van der Waals surface area contributed by atoms with Crippen LogP contribution >= 0.6 is 0 Å². The van der Waals surface area contributed by atoms with Gasteiger partial charge in [0, 0.05) is 13.1 Å². The second-order valence-corrected chi connectivity index (χ2v) is 5.44. The highest BCUT2D eigenvalue weighted by molar-refractivity contribution is 5.79. The number of nitrogens with one attached hydrogen (secondary N) is 1. The number of likely N-dealkylation sites (tertiary alicyclic amines) is 1. The number of piperidine rings is 1. The van der Waals surface area contributed by atoms with Gasteiger partial charge in [0.15, 0.2) is 0 Å². The van der Waals surface area contributed by atoms with Gasteiger partial charge >= 0.3 is 12.0 Å². The molecule has 1 aliphatic rings. The van der Waals surface area contributed by atoms with Gasteiger partial charge in [-0.1, -0.05) is 26.2 Å². The van der Waals surface area contributed by atoms with Crippen molar-refractivity contribution in [3.63, 3.8) is 0 Å². The van der Waals surface area contributed by atoms with Gasteiger partial charge in [0.2, 0.25) is 0 Å². The number of urea groups is 1. The summed E-state index contributed by atoms with van der Waals surface area (Å²) in [5, 5.41) is 12.3. The maximum atomic E-state index is 12.2. The van der Waals surface area contributed by atoms with Gasteiger partial charge in [0.1, 0.15) is 0 Å². The first-order chi connectivity index (χ1) is 9.49. The number of terminal acetylenes is 1. The second kappa shape index (κ2) is 7.18. The van der Waals surface area contributed by atoms with Gasteiger partial charge in [-0.05, 0) is 25.7 Å². The maximum absolute atomic E-state index is 12.2. The first-order valence-electron chi connectivity index (χ1n) is 7.24. The van der Waals surface area contributed by atoms with Crippen LogP contribution in [-0.2, 0) is 4.79 Å². The highest BCUT2D eigenvalue weighted by atomic mass is 16.4. The van der Waals surface area contributed by atoms with Crippen LogP contribution in [0.1, 0.15) is 46.0 Å². The molecule has 112 valence electrons. The normalized spacial score (nSPS) is 23.8. The monoisotopic (exact) mass is 280 g/mol. The second-order valence-electron chi connectivity index (χ2n) is 5.44. The standard InChI is InChI=1S/C15H24N2O3/c1-4-8-15(13(18)19)9-7-10-17(11-15)14(20)16-12(5-2)6-3/h2,12H,4,6-11H2,1,3H3,(H,16,20)(H,18,19). The van der Waals surface area contributed by atoms with Crippen LogP contribution in [0.25, 0.3) is 0 Å². The SMILES string of the molecule is C#CC(CC)NC(=O)N1CCCC(CCC)(C(=O)O)C1. The minimum Gasteiger partial charge on any atom is -0.481 e. The average molecular weight is 280 g/mol. The summed E-state index contributed by atoms with van der Waals surface area (Å²) in [7, 11) is 0. The Balaban J connectivity index is 2.75. The van der Waals surface area contributed by atoms with Gasteiger partial charge in [-0.2, -0.15) is 0 Å². The minimum atomic E-state index is -0.805. The Morgan fingerprint density at radius 1 is 1.50 bits per heavy atom. The van der Waals surface area contributed by atoms with Crippen molar-refractivity contribution in [2.24, 2.45) is 5.41 Å². The van der Waals surface area contributed by atoms with E-state index < -0.39 is 11.4 Å². The third kappa shape index (κ3) is 3.66. The number of carbonyl (C=O) groups excluding carboxylic acids is 1. The van der Waals surface area contributed by atoms with E-state index in [1.54, 1.807) is 4.90 Å². The van der Waals surface area contributed by atoms with E-state index in [4.69, 9.17) is 6.42 Å². The molecule has 0 spiro atoms. The number of rotatable bonds is 5. The van der Waals surface area contributed by atoms with Crippen LogP contribution in [0.2, 0.25) is 0 Å². The molecular formula is C15H24N2O3. The molecule has 0 aromatic heterocycles. The number of carboxylic acids is 1. The molecule has 1 fully saturated rings. The summed E-state index contributed by atoms with van der Waals surface area (Å²) in [5.41, 5.74) is -0.803. The van der Waals surface area contributed by atoms with Crippen LogP contribution in [0.5, 0.6) is 0 Å². The lowest BCUT2D eigenvalue weighted by molar-refractivity contribution is -0.152. The van der Waals surface area contributed by atoms with Crippen molar-refractivity contribution in [1.29, 1.82) is 0 Å². The fourth-order valence-corrected chi connectivity index (χ4v) is 2.77. The predicted octanol–water partition coefficient (Wildman–Crippen LogP) is 2.07. The largest absolute Gasteiger partial charge is 0.481 e. The molecular weight excluding hydrogens is 256 g/mol. The van der Waals surface area contributed by atoms with Crippen LogP contribution in [0.3, 0.4) is 0 Å². The Labute approximate surface area is 120 Å². The molecule has 1 saturated heterocycles.